The molecule has 2 N–H and O–H groups in total. The number of nitrogens with zero attached hydrogens (tertiary/aromatic N) is 6. The van der Waals surface area contributed by atoms with E-state index in [-0.39, 0.29) is 0 Å². The van der Waals surface area contributed by atoms with Crippen molar-refractivity contribution in [2.24, 2.45) is 0 Å². The Morgan fingerprint density at radius 1 is 1.44 bits per heavy atom. The van der Waals surface area contributed by atoms with E-state index >= 15 is 0 Å². The molecule has 2 heterocycles. The highest BCUT2D eigenvalue weighted by atomic mass is 32.2. The topological polar surface area (TPSA) is 95.4 Å². The van der Waals surface area contributed by atoms with Gasteiger partial charge in [0.25, 0.3) is 0 Å². The highest BCUT2D eigenvalue weighted by molar-refractivity contribution is 7.99. The summed E-state index contributed by atoms with van der Waals surface area (Å²) >= 11 is 1.45. The van der Waals surface area contributed by atoms with Gasteiger partial charge in [-0.25, -0.2) is 14.6 Å². The van der Waals surface area contributed by atoms with Crippen LogP contribution in [0.4, 0.5) is 5.82 Å². The molecule has 8 heteroatoms. The zero-order valence-electron chi connectivity index (χ0n) is 9.94. The van der Waals surface area contributed by atoms with Crippen molar-refractivity contribution in [2.45, 2.75) is 42.4 Å². The third kappa shape index (κ3) is 2.03. The molecule has 1 saturated carbocycles. The number of rotatable bonds is 4. The molecule has 2 aromatic heterocycles. The number of anilines is 1. The van der Waals surface area contributed by atoms with E-state index < -0.39 is 0 Å². The number of nitrogen functional groups attached to an aromatic ring is 1. The van der Waals surface area contributed by atoms with Gasteiger partial charge in [-0.05, 0) is 41.5 Å². The van der Waals surface area contributed by atoms with E-state index in [0.717, 1.165) is 35.0 Å². The highest BCUT2D eigenvalue weighted by Crippen LogP contribution is 2.38. The van der Waals surface area contributed by atoms with Crippen LogP contribution in [-0.2, 0) is 6.42 Å². The summed E-state index contributed by atoms with van der Waals surface area (Å²) < 4.78 is 1.86. The van der Waals surface area contributed by atoms with Gasteiger partial charge >= 0.3 is 0 Å². The molecule has 3 rings (SSSR count). The molecule has 0 amide bonds. The van der Waals surface area contributed by atoms with Crippen molar-refractivity contribution >= 4 is 17.6 Å². The van der Waals surface area contributed by atoms with Crippen LogP contribution >= 0.6 is 11.8 Å². The fourth-order valence-electron chi connectivity index (χ4n) is 1.72. The summed E-state index contributed by atoms with van der Waals surface area (Å²) in [6.45, 7) is 2.03. The summed E-state index contributed by atoms with van der Waals surface area (Å²) in [7, 11) is 0. The molecular weight excluding hydrogens is 250 g/mol. The Hall–Kier alpha value is -1.70. The standard InChI is InChI=1S/C10H13N7S/c1-2-7-8(11)12-5-13-9(7)18-10-14-15-16-17(10)6-3-4-6/h5-6H,2-4H2,1H3,(H2,11,12,13). The van der Waals surface area contributed by atoms with Crippen LogP contribution in [0.3, 0.4) is 0 Å². The second kappa shape index (κ2) is 4.52. The molecule has 1 aliphatic rings. The highest BCUT2D eigenvalue weighted by Gasteiger charge is 2.28. The van der Waals surface area contributed by atoms with Gasteiger partial charge in [-0.2, -0.15) is 0 Å². The van der Waals surface area contributed by atoms with E-state index in [2.05, 4.69) is 25.5 Å². The average Bonchev–Trinajstić information content (AvgIpc) is 3.11. The van der Waals surface area contributed by atoms with Gasteiger partial charge in [0.15, 0.2) is 0 Å². The van der Waals surface area contributed by atoms with Crippen LogP contribution in [0.5, 0.6) is 0 Å². The summed E-state index contributed by atoms with van der Waals surface area (Å²) in [5, 5.41) is 13.4. The molecule has 0 spiro atoms. The normalized spacial score (nSPS) is 14.9. The van der Waals surface area contributed by atoms with Crippen LogP contribution in [0.2, 0.25) is 0 Å². The van der Waals surface area contributed by atoms with Gasteiger partial charge in [-0.3, -0.25) is 0 Å². The smallest absolute Gasteiger partial charge is 0.215 e. The van der Waals surface area contributed by atoms with Gasteiger partial charge in [0.2, 0.25) is 5.16 Å². The van der Waals surface area contributed by atoms with Crippen LogP contribution in [-0.4, -0.2) is 30.2 Å². The monoisotopic (exact) mass is 263 g/mol. The van der Waals surface area contributed by atoms with E-state index in [1.54, 1.807) is 0 Å². The maximum absolute atomic E-state index is 5.85. The molecule has 94 valence electrons. The molecule has 2 aromatic rings. The zero-order valence-corrected chi connectivity index (χ0v) is 10.8. The van der Waals surface area contributed by atoms with Gasteiger partial charge in [0.1, 0.15) is 17.2 Å². The number of hydrogen-bond donors (Lipinski definition) is 1. The van der Waals surface area contributed by atoms with Crippen molar-refractivity contribution < 1.29 is 0 Å². The first-order valence-electron chi connectivity index (χ1n) is 5.84. The summed E-state index contributed by atoms with van der Waals surface area (Å²) in [6, 6.07) is 0.451. The maximum Gasteiger partial charge on any atom is 0.215 e. The number of tetrazole rings is 1. The molecule has 0 saturated heterocycles. The predicted octanol–water partition coefficient (Wildman–Crippen LogP) is 1.09. The van der Waals surface area contributed by atoms with Gasteiger partial charge in [0.05, 0.1) is 6.04 Å². The zero-order chi connectivity index (χ0) is 12.5. The summed E-state index contributed by atoms with van der Waals surface area (Å²) in [5.74, 6) is 0.528. The van der Waals surface area contributed by atoms with Crippen LogP contribution in [0, 0.1) is 0 Å². The Balaban J connectivity index is 1.92. The van der Waals surface area contributed by atoms with Crippen molar-refractivity contribution in [3.63, 3.8) is 0 Å². The lowest BCUT2D eigenvalue weighted by Gasteiger charge is -2.07. The van der Waals surface area contributed by atoms with Gasteiger partial charge in [0, 0.05) is 5.56 Å². The van der Waals surface area contributed by atoms with Crippen LogP contribution in [0.1, 0.15) is 31.4 Å². The predicted molar refractivity (Wildman–Crippen MR) is 66.0 cm³/mol. The molecule has 0 unspecified atom stereocenters. The van der Waals surface area contributed by atoms with Gasteiger partial charge in [-0.1, -0.05) is 6.92 Å². The Morgan fingerprint density at radius 3 is 3.00 bits per heavy atom. The Morgan fingerprint density at radius 2 is 2.28 bits per heavy atom. The Bertz CT molecular complexity index is 563. The van der Waals surface area contributed by atoms with Crippen molar-refractivity contribution in [1.29, 1.82) is 0 Å². The lowest BCUT2D eigenvalue weighted by atomic mass is 10.2. The quantitative estimate of drug-likeness (QED) is 0.825. The molecule has 1 fully saturated rings. The van der Waals surface area contributed by atoms with Gasteiger partial charge in [-0.15, -0.1) is 5.10 Å². The van der Waals surface area contributed by atoms with E-state index in [1.807, 2.05) is 11.6 Å². The van der Waals surface area contributed by atoms with E-state index in [4.69, 9.17) is 5.73 Å². The summed E-state index contributed by atoms with van der Waals surface area (Å²) in [6.07, 6.45) is 4.55. The molecule has 0 aliphatic heterocycles. The Kier molecular flexibility index (Phi) is 2.86. The van der Waals surface area contributed by atoms with Crippen molar-refractivity contribution in [3.05, 3.63) is 11.9 Å². The molecular formula is C10H13N7S. The van der Waals surface area contributed by atoms with Crippen molar-refractivity contribution in [1.82, 2.24) is 30.2 Å². The minimum absolute atomic E-state index is 0.451. The van der Waals surface area contributed by atoms with E-state index in [9.17, 15) is 0 Å². The number of aromatic nitrogens is 6. The lowest BCUT2D eigenvalue weighted by molar-refractivity contribution is 0.565. The fourth-order valence-corrected chi connectivity index (χ4v) is 2.72. The fraction of sp³-hybridized carbons (Fsp3) is 0.500. The van der Waals surface area contributed by atoms with Crippen LogP contribution in [0.15, 0.2) is 16.5 Å². The molecule has 1 aliphatic carbocycles. The summed E-state index contributed by atoms with van der Waals surface area (Å²) in [4.78, 5) is 8.27. The maximum atomic E-state index is 5.85. The number of hydrogen-bond acceptors (Lipinski definition) is 7. The van der Waals surface area contributed by atoms with Gasteiger partial charge < -0.3 is 5.73 Å². The minimum atomic E-state index is 0.451. The minimum Gasteiger partial charge on any atom is -0.383 e. The molecule has 0 radical (unpaired) electrons. The first-order valence-corrected chi connectivity index (χ1v) is 6.66. The summed E-state index contributed by atoms with van der Waals surface area (Å²) in [5.41, 5.74) is 6.80. The van der Waals surface area contributed by atoms with Crippen molar-refractivity contribution in [2.75, 3.05) is 5.73 Å². The van der Waals surface area contributed by atoms with E-state index in [0.29, 0.717) is 11.9 Å². The van der Waals surface area contributed by atoms with Crippen LogP contribution < -0.4 is 5.73 Å². The second-order valence-corrected chi connectivity index (χ2v) is 5.09. The third-order valence-corrected chi connectivity index (χ3v) is 3.83. The third-order valence-electron chi connectivity index (χ3n) is 2.84. The first-order chi connectivity index (χ1) is 8.79. The van der Waals surface area contributed by atoms with E-state index in [1.165, 1.54) is 18.1 Å². The SMILES string of the molecule is CCc1c(N)ncnc1Sc1nnnn1C1CC1. The second-order valence-electron chi connectivity index (χ2n) is 4.14. The molecule has 7 nitrogen and oxygen atoms in total. The molecule has 0 atom stereocenters. The van der Waals surface area contributed by atoms with Crippen LogP contribution in [0.25, 0.3) is 0 Å². The Labute approximate surface area is 108 Å². The lowest BCUT2D eigenvalue weighted by Crippen LogP contribution is -2.03. The molecule has 0 aromatic carbocycles. The molecule has 18 heavy (non-hydrogen) atoms. The average molecular weight is 263 g/mol. The number of nitrogens with two attached hydrogens (primary N) is 1. The largest absolute Gasteiger partial charge is 0.383 e. The first kappa shape index (κ1) is 11.4. The molecule has 0 bridgehead atoms. The van der Waals surface area contributed by atoms with Crippen molar-refractivity contribution in [3.8, 4) is 0 Å².